The molecule has 0 spiro atoms. The molecular weight excluding hydrogens is 246 g/mol. The summed E-state index contributed by atoms with van der Waals surface area (Å²) in [5.74, 6) is -0.447. The second-order valence-corrected chi connectivity index (χ2v) is 6.32. The van der Waals surface area contributed by atoms with Crippen LogP contribution in [0.2, 0.25) is 0 Å². The number of rotatable bonds is 0. The van der Waals surface area contributed by atoms with E-state index in [0.717, 1.165) is 6.54 Å². The summed E-state index contributed by atoms with van der Waals surface area (Å²) in [5, 5.41) is 3.27. The molecule has 82 valence electrons. The highest BCUT2D eigenvalue weighted by Gasteiger charge is 2.38. The number of carbonyl (C=O) groups excluding carboxylic acids is 1. The van der Waals surface area contributed by atoms with Crippen molar-refractivity contribution in [3.8, 4) is 0 Å². The van der Waals surface area contributed by atoms with Crippen LogP contribution in [0.5, 0.6) is 0 Å². The molecule has 0 unspecified atom stereocenters. The number of piperazine rings is 1. The summed E-state index contributed by atoms with van der Waals surface area (Å²) in [5.41, 5.74) is -0.121. The molecule has 14 heavy (non-hydrogen) atoms. The normalized spacial score (nSPS) is 22.2. The maximum atomic E-state index is 11.6. The van der Waals surface area contributed by atoms with Crippen LogP contribution >= 0.6 is 34.8 Å². The minimum Gasteiger partial charge on any atom is -0.336 e. The minimum absolute atomic E-state index is 0.121. The Labute approximate surface area is 98.7 Å². The van der Waals surface area contributed by atoms with E-state index in [9.17, 15) is 4.79 Å². The van der Waals surface area contributed by atoms with Gasteiger partial charge in [0.2, 0.25) is 0 Å². The molecule has 1 rings (SSSR count). The molecule has 0 aliphatic carbocycles. The molecule has 0 bridgehead atoms. The third-order valence-corrected chi connectivity index (χ3v) is 2.59. The summed E-state index contributed by atoms with van der Waals surface area (Å²) in [6.07, 6.45) is 0. The first kappa shape index (κ1) is 12.4. The van der Waals surface area contributed by atoms with Crippen molar-refractivity contribution >= 4 is 40.7 Å². The molecule has 1 N–H and O–H groups in total. The molecule has 1 amide bonds. The van der Waals surface area contributed by atoms with Crippen LogP contribution in [-0.4, -0.2) is 39.8 Å². The van der Waals surface area contributed by atoms with Crippen molar-refractivity contribution in [2.24, 2.45) is 0 Å². The highest BCUT2D eigenvalue weighted by molar-refractivity contribution is 6.76. The first-order chi connectivity index (χ1) is 6.22. The summed E-state index contributed by atoms with van der Waals surface area (Å²) >= 11 is 16.6. The lowest BCUT2D eigenvalue weighted by atomic mass is 10.0. The largest absolute Gasteiger partial charge is 0.336 e. The lowest BCUT2D eigenvalue weighted by Gasteiger charge is -2.40. The number of amides is 1. The van der Waals surface area contributed by atoms with Gasteiger partial charge in [-0.1, -0.05) is 34.8 Å². The molecule has 1 aliphatic heterocycles. The fourth-order valence-corrected chi connectivity index (χ4v) is 1.85. The quantitative estimate of drug-likeness (QED) is 0.670. The van der Waals surface area contributed by atoms with Crippen LogP contribution in [0.15, 0.2) is 0 Å². The van der Waals surface area contributed by atoms with Crippen LogP contribution in [0.1, 0.15) is 13.8 Å². The Kier molecular flexibility index (Phi) is 3.58. The third-order valence-electron chi connectivity index (χ3n) is 2.10. The Bertz CT molecular complexity index is 237. The average molecular weight is 260 g/mol. The summed E-state index contributed by atoms with van der Waals surface area (Å²) in [6, 6.07) is 0. The van der Waals surface area contributed by atoms with Crippen molar-refractivity contribution in [3.63, 3.8) is 0 Å². The monoisotopic (exact) mass is 258 g/mol. The zero-order chi connectivity index (χ0) is 11.0. The van der Waals surface area contributed by atoms with Gasteiger partial charge in [-0.2, -0.15) is 0 Å². The number of hydrogen-bond donors (Lipinski definition) is 1. The topological polar surface area (TPSA) is 32.3 Å². The van der Waals surface area contributed by atoms with Gasteiger partial charge in [0.1, 0.15) is 0 Å². The molecule has 1 fully saturated rings. The van der Waals surface area contributed by atoms with Gasteiger partial charge >= 0.3 is 0 Å². The summed E-state index contributed by atoms with van der Waals surface area (Å²) in [6.45, 7) is 5.87. The molecule has 0 aromatic rings. The molecule has 1 saturated heterocycles. The first-order valence-corrected chi connectivity index (χ1v) is 5.47. The molecule has 1 heterocycles. The molecule has 0 aromatic carbocycles. The van der Waals surface area contributed by atoms with Gasteiger partial charge in [-0.05, 0) is 13.8 Å². The van der Waals surface area contributed by atoms with E-state index in [1.807, 2.05) is 13.8 Å². The second-order valence-electron chi connectivity index (χ2n) is 4.04. The van der Waals surface area contributed by atoms with E-state index >= 15 is 0 Å². The van der Waals surface area contributed by atoms with Crippen LogP contribution in [0.4, 0.5) is 0 Å². The number of halogens is 3. The Hall–Kier alpha value is 0.300. The fourth-order valence-electron chi connectivity index (χ4n) is 1.49. The lowest BCUT2D eigenvalue weighted by Crippen LogP contribution is -2.60. The zero-order valence-corrected chi connectivity index (χ0v) is 10.4. The van der Waals surface area contributed by atoms with Gasteiger partial charge < -0.3 is 10.2 Å². The molecular formula is C8H13Cl3N2O. The second kappa shape index (κ2) is 4.05. The van der Waals surface area contributed by atoms with E-state index in [-0.39, 0.29) is 5.54 Å². The smallest absolute Gasteiger partial charge is 0.274 e. The van der Waals surface area contributed by atoms with Crippen molar-refractivity contribution in [1.82, 2.24) is 10.2 Å². The predicted octanol–water partition coefficient (Wildman–Crippen LogP) is 1.57. The van der Waals surface area contributed by atoms with Crippen LogP contribution in [-0.2, 0) is 4.79 Å². The summed E-state index contributed by atoms with van der Waals surface area (Å²) < 4.78 is -1.84. The zero-order valence-electron chi connectivity index (χ0n) is 8.11. The molecule has 1 aliphatic rings. The van der Waals surface area contributed by atoms with Gasteiger partial charge in [0.05, 0.1) is 0 Å². The van der Waals surface area contributed by atoms with Crippen LogP contribution in [0.25, 0.3) is 0 Å². The van der Waals surface area contributed by atoms with Gasteiger partial charge in [0.25, 0.3) is 9.70 Å². The fraction of sp³-hybridized carbons (Fsp3) is 0.875. The maximum Gasteiger partial charge on any atom is 0.274 e. The molecule has 0 atom stereocenters. The van der Waals surface area contributed by atoms with Crippen molar-refractivity contribution in [3.05, 3.63) is 0 Å². The Morgan fingerprint density at radius 3 is 2.43 bits per heavy atom. The first-order valence-electron chi connectivity index (χ1n) is 4.33. The maximum absolute atomic E-state index is 11.6. The molecule has 0 saturated carbocycles. The van der Waals surface area contributed by atoms with Crippen molar-refractivity contribution in [2.45, 2.75) is 23.2 Å². The number of alkyl halides is 3. The molecule has 3 nitrogen and oxygen atoms in total. The molecule has 0 radical (unpaired) electrons. The molecule has 6 heteroatoms. The standard InChI is InChI=1S/C8H13Cl3N2O/c1-7(2)5-13(4-3-12-7)6(14)8(9,10)11/h12H,3-5H2,1-2H3. The van der Waals surface area contributed by atoms with Gasteiger partial charge in [0, 0.05) is 25.2 Å². The molecule has 0 aromatic heterocycles. The highest BCUT2D eigenvalue weighted by atomic mass is 35.6. The average Bonchev–Trinajstić information content (AvgIpc) is 1.99. The number of nitrogens with zero attached hydrogens (tertiary/aromatic N) is 1. The van der Waals surface area contributed by atoms with Crippen LogP contribution in [0, 0.1) is 0 Å². The van der Waals surface area contributed by atoms with Gasteiger partial charge in [-0.25, -0.2) is 0 Å². The van der Waals surface area contributed by atoms with Gasteiger partial charge in [-0.15, -0.1) is 0 Å². The summed E-state index contributed by atoms with van der Waals surface area (Å²) in [4.78, 5) is 13.2. The highest BCUT2D eigenvalue weighted by Crippen LogP contribution is 2.29. The predicted molar refractivity (Wildman–Crippen MR) is 59.0 cm³/mol. The third kappa shape index (κ3) is 3.16. The Morgan fingerprint density at radius 1 is 1.43 bits per heavy atom. The minimum atomic E-state index is -1.84. The van der Waals surface area contributed by atoms with E-state index in [4.69, 9.17) is 34.8 Å². The van der Waals surface area contributed by atoms with E-state index in [1.54, 1.807) is 4.90 Å². The Balaban J connectivity index is 2.66. The van der Waals surface area contributed by atoms with E-state index < -0.39 is 9.70 Å². The van der Waals surface area contributed by atoms with E-state index in [2.05, 4.69) is 5.32 Å². The van der Waals surface area contributed by atoms with Crippen LogP contribution in [0.3, 0.4) is 0 Å². The summed E-state index contributed by atoms with van der Waals surface area (Å²) in [7, 11) is 0. The SMILES string of the molecule is CC1(C)CN(C(=O)C(Cl)(Cl)Cl)CCN1. The van der Waals surface area contributed by atoms with E-state index in [0.29, 0.717) is 13.1 Å². The lowest BCUT2D eigenvalue weighted by molar-refractivity contribution is -0.132. The van der Waals surface area contributed by atoms with Crippen molar-refractivity contribution in [2.75, 3.05) is 19.6 Å². The van der Waals surface area contributed by atoms with Crippen LogP contribution < -0.4 is 5.32 Å². The van der Waals surface area contributed by atoms with Crippen molar-refractivity contribution < 1.29 is 4.79 Å². The van der Waals surface area contributed by atoms with Gasteiger partial charge in [0.15, 0.2) is 0 Å². The van der Waals surface area contributed by atoms with Crippen molar-refractivity contribution in [1.29, 1.82) is 0 Å². The Morgan fingerprint density at radius 2 is 2.00 bits per heavy atom. The van der Waals surface area contributed by atoms with Gasteiger partial charge in [-0.3, -0.25) is 4.79 Å². The number of carbonyl (C=O) groups is 1. The number of nitrogens with one attached hydrogen (secondary N) is 1. The van der Waals surface area contributed by atoms with E-state index in [1.165, 1.54) is 0 Å². The number of hydrogen-bond acceptors (Lipinski definition) is 2.